The van der Waals surface area contributed by atoms with Crippen molar-refractivity contribution in [2.24, 2.45) is 0 Å². The van der Waals surface area contributed by atoms with Crippen molar-refractivity contribution in [3.8, 4) is 5.95 Å². The molecule has 7 nitrogen and oxygen atoms in total. The smallest absolute Gasteiger partial charge is 0.298 e. The summed E-state index contributed by atoms with van der Waals surface area (Å²) >= 11 is 2.14. The molecule has 0 bridgehead atoms. The number of imidazole rings is 1. The molecule has 9 heteroatoms. The molecular formula is C21H13N3O4S2. The predicted molar refractivity (Wildman–Crippen MR) is 115 cm³/mol. The molecule has 1 aliphatic rings. The molecule has 0 unspecified atom stereocenters. The fourth-order valence-electron chi connectivity index (χ4n) is 2.86. The molecule has 1 aliphatic heterocycles. The number of H-pyrrole nitrogens is 1. The molecule has 1 saturated heterocycles. The number of para-hydroxylation sites is 3. The standard InChI is InChI=1S/C21H13N3O4S2/c25-19-16(29-21(26)24(19)13-6-2-1-3-7-13)12-27-17-10-11-18(28-17)30-20-22-14-8-4-5-9-15(14)23-20/h1-12H,(H,22,23)/b16-12+. The molecule has 0 spiro atoms. The van der Waals surface area contributed by atoms with Gasteiger partial charge in [-0.15, -0.1) is 0 Å². The highest BCUT2D eigenvalue weighted by molar-refractivity contribution is 8.18. The Hall–Kier alpha value is -3.43. The van der Waals surface area contributed by atoms with E-state index in [1.54, 1.807) is 36.4 Å². The lowest BCUT2D eigenvalue weighted by atomic mass is 10.3. The summed E-state index contributed by atoms with van der Waals surface area (Å²) in [6.07, 6.45) is 1.24. The molecule has 0 radical (unpaired) electrons. The molecule has 0 aliphatic carbocycles. The number of nitrogens with zero attached hydrogens (tertiary/aromatic N) is 2. The number of hydrogen-bond acceptors (Lipinski definition) is 7. The van der Waals surface area contributed by atoms with E-state index in [2.05, 4.69) is 9.97 Å². The summed E-state index contributed by atoms with van der Waals surface area (Å²) < 4.78 is 11.1. The number of fused-ring (bicyclic) bond motifs is 1. The Kier molecular flexibility index (Phi) is 4.82. The highest BCUT2D eigenvalue weighted by Gasteiger charge is 2.36. The zero-order valence-electron chi connectivity index (χ0n) is 15.3. The molecule has 3 heterocycles. The Labute approximate surface area is 179 Å². The minimum absolute atomic E-state index is 0.187. The van der Waals surface area contributed by atoms with Gasteiger partial charge < -0.3 is 14.1 Å². The van der Waals surface area contributed by atoms with Crippen LogP contribution in [0, 0.1) is 0 Å². The van der Waals surface area contributed by atoms with Crippen LogP contribution in [-0.4, -0.2) is 21.1 Å². The van der Waals surface area contributed by atoms with E-state index in [0.29, 0.717) is 15.9 Å². The average molecular weight is 435 g/mol. The normalized spacial score (nSPS) is 15.5. The molecule has 0 saturated carbocycles. The summed E-state index contributed by atoms with van der Waals surface area (Å²) in [6, 6.07) is 19.9. The van der Waals surface area contributed by atoms with Crippen molar-refractivity contribution in [3.05, 3.63) is 77.9 Å². The number of hydrogen-bond donors (Lipinski definition) is 1. The van der Waals surface area contributed by atoms with Crippen molar-refractivity contribution in [2.75, 3.05) is 4.90 Å². The van der Waals surface area contributed by atoms with E-state index in [1.165, 1.54) is 18.0 Å². The van der Waals surface area contributed by atoms with Crippen LogP contribution in [0.1, 0.15) is 0 Å². The van der Waals surface area contributed by atoms with E-state index in [1.807, 2.05) is 30.3 Å². The summed E-state index contributed by atoms with van der Waals surface area (Å²) in [5, 5.41) is 0.901. The van der Waals surface area contributed by atoms with Gasteiger partial charge in [-0.05, 0) is 53.9 Å². The van der Waals surface area contributed by atoms with Gasteiger partial charge in [-0.1, -0.05) is 30.3 Å². The second-order valence-electron chi connectivity index (χ2n) is 6.18. The number of aromatic nitrogens is 2. The molecule has 1 fully saturated rings. The third-order valence-electron chi connectivity index (χ3n) is 4.21. The number of thioether (sulfide) groups is 1. The lowest BCUT2D eigenvalue weighted by Crippen LogP contribution is -2.27. The van der Waals surface area contributed by atoms with Crippen LogP contribution in [0.3, 0.4) is 0 Å². The number of furan rings is 1. The van der Waals surface area contributed by atoms with Crippen molar-refractivity contribution in [1.29, 1.82) is 0 Å². The van der Waals surface area contributed by atoms with Crippen molar-refractivity contribution in [2.45, 2.75) is 10.2 Å². The first-order valence-corrected chi connectivity index (χ1v) is 10.5. The first-order valence-electron chi connectivity index (χ1n) is 8.88. The third-order valence-corrected chi connectivity index (χ3v) is 5.87. The topological polar surface area (TPSA) is 88.4 Å². The summed E-state index contributed by atoms with van der Waals surface area (Å²) in [7, 11) is 0. The van der Waals surface area contributed by atoms with Gasteiger partial charge in [-0.25, -0.2) is 9.88 Å². The molecule has 30 heavy (non-hydrogen) atoms. The first kappa shape index (κ1) is 18.6. The van der Waals surface area contributed by atoms with Gasteiger partial charge in [0.1, 0.15) is 11.2 Å². The summed E-state index contributed by atoms with van der Waals surface area (Å²) in [4.78, 5) is 33.8. The number of carbonyl (C=O) groups is 2. The second-order valence-corrected chi connectivity index (χ2v) is 8.17. The number of benzene rings is 2. The SMILES string of the molecule is O=C1S/C(=C/Oc2ccc(Sc3nc4ccccc4[nH]3)o2)C(=O)N1c1ccccc1. The molecule has 5 rings (SSSR count). The summed E-state index contributed by atoms with van der Waals surface area (Å²) in [6.45, 7) is 0. The molecule has 2 amide bonds. The summed E-state index contributed by atoms with van der Waals surface area (Å²) in [5.41, 5.74) is 2.33. The van der Waals surface area contributed by atoms with Crippen LogP contribution < -0.4 is 9.64 Å². The van der Waals surface area contributed by atoms with Crippen molar-refractivity contribution < 1.29 is 18.7 Å². The van der Waals surface area contributed by atoms with Crippen LogP contribution in [0.5, 0.6) is 5.95 Å². The lowest BCUT2D eigenvalue weighted by molar-refractivity contribution is -0.113. The van der Waals surface area contributed by atoms with Crippen LogP contribution >= 0.6 is 23.5 Å². The van der Waals surface area contributed by atoms with E-state index in [-0.39, 0.29) is 16.1 Å². The Morgan fingerprint density at radius 1 is 1.03 bits per heavy atom. The van der Waals surface area contributed by atoms with Gasteiger partial charge in [-0.3, -0.25) is 9.59 Å². The molecule has 2 aromatic heterocycles. The van der Waals surface area contributed by atoms with Gasteiger partial charge >= 0.3 is 0 Å². The van der Waals surface area contributed by atoms with Crippen LogP contribution in [-0.2, 0) is 4.79 Å². The van der Waals surface area contributed by atoms with Crippen LogP contribution in [0.15, 0.2) is 92.6 Å². The Balaban J connectivity index is 1.28. The number of carbonyl (C=O) groups excluding carboxylic acids is 2. The van der Waals surface area contributed by atoms with E-state index >= 15 is 0 Å². The third kappa shape index (κ3) is 3.60. The van der Waals surface area contributed by atoms with Gasteiger partial charge in [0.25, 0.3) is 17.1 Å². The number of imide groups is 1. The lowest BCUT2D eigenvalue weighted by Gasteiger charge is -2.11. The molecule has 0 atom stereocenters. The Morgan fingerprint density at radius 2 is 1.83 bits per heavy atom. The first-order chi connectivity index (χ1) is 14.7. The van der Waals surface area contributed by atoms with Gasteiger partial charge in [-0.2, -0.15) is 0 Å². The summed E-state index contributed by atoms with van der Waals surface area (Å²) in [5.74, 6) is -0.222. The maximum Gasteiger partial charge on any atom is 0.298 e. The quantitative estimate of drug-likeness (QED) is 0.330. The van der Waals surface area contributed by atoms with Gasteiger partial charge in [0.2, 0.25) is 0 Å². The number of ether oxygens (including phenoxy) is 1. The minimum atomic E-state index is -0.431. The monoisotopic (exact) mass is 435 g/mol. The zero-order valence-corrected chi connectivity index (χ0v) is 16.9. The molecule has 2 aromatic carbocycles. The Bertz CT molecular complexity index is 1250. The molecule has 148 valence electrons. The average Bonchev–Trinajstić information content (AvgIpc) is 3.44. The Morgan fingerprint density at radius 3 is 2.67 bits per heavy atom. The number of nitrogens with one attached hydrogen (secondary N) is 1. The second kappa shape index (κ2) is 7.77. The van der Waals surface area contributed by atoms with Crippen molar-refractivity contribution >= 4 is 51.4 Å². The number of amides is 2. The van der Waals surface area contributed by atoms with E-state index in [0.717, 1.165) is 27.7 Å². The van der Waals surface area contributed by atoms with Gasteiger partial charge in [0.05, 0.1) is 16.7 Å². The van der Waals surface area contributed by atoms with E-state index in [9.17, 15) is 9.59 Å². The van der Waals surface area contributed by atoms with Gasteiger partial charge in [0, 0.05) is 6.07 Å². The zero-order chi connectivity index (χ0) is 20.5. The highest BCUT2D eigenvalue weighted by Crippen LogP contribution is 2.35. The molecule has 1 N–H and O–H groups in total. The van der Waals surface area contributed by atoms with E-state index < -0.39 is 5.91 Å². The number of anilines is 1. The maximum atomic E-state index is 12.6. The van der Waals surface area contributed by atoms with Gasteiger partial charge in [0.15, 0.2) is 10.2 Å². The number of rotatable bonds is 5. The fourth-order valence-corrected chi connectivity index (χ4v) is 4.35. The van der Waals surface area contributed by atoms with Crippen LogP contribution in [0.2, 0.25) is 0 Å². The van der Waals surface area contributed by atoms with Crippen LogP contribution in [0.4, 0.5) is 10.5 Å². The van der Waals surface area contributed by atoms with Crippen molar-refractivity contribution in [1.82, 2.24) is 9.97 Å². The van der Waals surface area contributed by atoms with Crippen molar-refractivity contribution in [3.63, 3.8) is 0 Å². The predicted octanol–water partition coefficient (Wildman–Crippen LogP) is 5.43. The van der Waals surface area contributed by atoms with E-state index in [4.69, 9.17) is 9.15 Å². The highest BCUT2D eigenvalue weighted by atomic mass is 32.2. The molecule has 4 aromatic rings. The minimum Gasteiger partial charge on any atom is -0.433 e. The fraction of sp³-hybridized carbons (Fsp3) is 0. The van der Waals surface area contributed by atoms with Crippen LogP contribution in [0.25, 0.3) is 11.0 Å². The maximum absolute atomic E-state index is 12.6. The molecular weight excluding hydrogens is 422 g/mol. The largest absolute Gasteiger partial charge is 0.433 e. The number of aromatic amines is 1.